The fourth-order valence-corrected chi connectivity index (χ4v) is 2.13. The summed E-state index contributed by atoms with van der Waals surface area (Å²) in [6, 6.07) is 4.92. The minimum atomic E-state index is -3.02. The number of alkyl halides is 4. The Morgan fingerprint density at radius 1 is 1.33 bits per heavy atom. The largest absolute Gasteiger partial charge is 0.433 e. The van der Waals surface area contributed by atoms with Crippen molar-refractivity contribution in [3.05, 3.63) is 40.7 Å². The molecule has 24 heavy (non-hydrogen) atoms. The number of nitrogens with zero attached hydrogens (tertiary/aromatic N) is 2. The van der Waals surface area contributed by atoms with Crippen molar-refractivity contribution in [3.8, 4) is 5.75 Å². The lowest BCUT2D eigenvalue weighted by Crippen LogP contribution is -2.20. The smallest absolute Gasteiger partial charge is 0.387 e. The van der Waals surface area contributed by atoms with Crippen molar-refractivity contribution in [2.75, 3.05) is 5.32 Å². The van der Waals surface area contributed by atoms with E-state index in [4.69, 9.17) is 11.6 Å². The zero-order valence-electron chi connectivity index (χ0n) is 12.3. The quantitative estimate of drug-likeness (QED) is 0.786. The molecule has 0 radical (unpaired) electrons. The second kappa shape index (κ2) is 7.52. The van der Waals surface area contributed by atoms with Gasteiger partial charge in [0, 0.05) is 11.4 Å². The molecule has 1 heterocycles. The number of benzene rings is 1. The van der Waals surface area contributed by atoms with E-state index >= 15 is 0 Å². The van der Waals surface area contributed by atoms with E-state index in [2.05, 4.69) is 15.2 Å². The predicted octanol–water partition coefficient (Wildman–Crippen LogP) is 4.02. The first-order chi connectivity index (χ1) is 11.3. The van der Waals surface area contributed by atoms with Crippen LogP contribution < -0.4 is 10.1 Å². The highest BCUT2D eigenvalue weighted by molar-refractivity contribution is 6.32. The second-order valence-electron chi connectivity index (χ2n) is 4.74. The summed E-state index contributed by atoms with van der Waals surface area (Å²) in [6.07, 6.45) is -2.73. The third-order valence-corrected chi connectivity index (χ3v) is 3.24. The van der Waals surface area contributed by atoms with Crippen LogP contribution in [0.3, 0.4) is 0 Å². The van der Waals surface area contributed by atoms with E-state index in [1.807, 2.05) is 0 Å². The Labute approximate surface area is 139 Å². The van der Waals surface area contributed by atoms with E-state index in [0.717, 1.165) is 4.68 Å². The lowest BCUT2D eigenvalue weighted by molar-refractivity contribution is -0.117. The molecule has 0 atom stereocenters. The number of carbonyl (C=O) groups excluding carboxylic acids is 1. The molecule has 0 unspecified atom stereocenters. The molecule has 0 bridgehead atoms. The van der Waals surface area contributed by atoms with Crippen molar-refractivity contribution in [2.24, 2.45) is 0 Å². The van der Waals surface area contributed by atoms with Crippen molar-refractivity contribution >= 4 is 23.2 Å². The van der Waals surface area contributed by atoms with Crippen LogP contribution in [0.5, 0.6) is 5.75 Å². The van der Waals surface area contributed by atoms with Crippen LogP contribution in [0.15, 0.2) is 24.3 Å². The van der Waals surface area contributed by atoms with Gasteiger partial charge in [0.15, 0.2) is 0 Å². The summed E-state index contributed by atoms with van der Waals surface area (Å²) in [6.45, 7) is -1.76. The topological polar surface area (TPSA) is 56.2 Å². The van der Waals surface area contributed by atoms with Crippen LogP contribution in [0.2, 0.25) is 5.02 Å². The van der Waals surface area contributed by atoms with Gasteiger partial charge in [-0.3, -0.25) is 9.48 Å². The number of hydrogen-bond acceptors (Lipinski definition) is 3. The maximum Gasteiger partial charge on any atom is 0.387 e. The van der Waals surface area contributed by atoms with Gasteiger partial charge in [0.25, 0.3) is 6.43 Å². The fraction of sp³-hybridized carbons (Fsp3) is 0.286. The molecule has 0 spiro atoms. The number of aryl methyl sites for hydroxylation is 1. The number of amides is 1. The lowest BCUT2D eigenvalue weighted by atomic mass is 10.3. The fourth-order valence-electron chi connectivity index (χ4n) is 1.91. The molecule has 1 N–H and O–H groups in total. The summed E-state index contributed by atoms with van der Waals surface area (Å²) in [4.78, 5) is 11.9. The van der Waals surface area contributed by atoms with Crippen molar-refractivity contribution < 1.29 is 27.1 Å². The number of rotatable bonds is 6. The van der Waals surface area contributed by atoms with Crippen molar-refractivity contribution in [3.63, 3.8) is 0 Å². The third-order valence-electron chi connectivity index (χ3n) is 2.95. The van der Waals surface area contributed by atoms with Gasteiger partial charge >= 0.3 is 6.61 Å². The number of nitrogens with one attached hydrogen (secondary N) is 1. The lowest BCUT2D eigenvalue weighted by Gasteiger charge is -2.10. The van der Waals surface area contributed by atoms with E-state index in [-0.39, 0.29) is 23.0 Å². The summed E-state index contributed by atoms with van der Waals surface area (Å²) in [5.41, 5.74) is 0.224. The van der Waals surface area contributed by atoms with Crippen molar-refractivity contribution in [1.29, 1.82) is 0 Å². The van der Waals surface area contributed by atoms with Gasteiger partial charge in [-0.15, -0.1) is 0 Å². The number of aromatic nitrogens is 2. The Morgan fingerprint density at radius 2 is 2.04 bits per heavy atom. The van der Waals surface area contributed by atoms with Gasteiger partial charge in [-0.05, 0) is 31.2 Å². The normalized spacial score (nSPS) is 11.2. The Kier molecular flexibility index (Phi) is 5.66. The van der Waals surface area contributed by atoms with Crippen molar-refractivity contribution in [1.82, 2.24) is 9.78 Å². The molecule has 0 saturated heterocycles. The molecule has 0 saturated carbocycles. The zero-order chi connectivity index (χ0) is 17.9. The predicted molar refractivity (Wildman–Crippen MR) is 78.6 cm³/mol. The number of ether oxygens (including phenoxy) is 1. The van der Waals surface area contributed by atoms with E-state index in [0.29, 0.717) is 5.69 Å². The molecule has 2 aromatic rings. The van der Waals surface area contributed by atoms with Gasteiger partial charge < -0.3 is 10.1 Å². The SMILES string of the molecule is Cc1cc(C(F)F)nn1CC(=O)Nc1ccc(OC(F)F)c(Cl)c1. The molecule has 5 nitrogen and oxygen atoms in total. The first-order valence-electron chi connectivity index (χ1n) is 6.63. The second-order valence-corrected chi connectivity index (χ2v) is 5.15. The highest BCUT2D eigenvalue weighted by Gasteiger charge is 2.15. The Bertz CT molecular complexity index is 737. The summed E-state index contributed by atoms with van der Waals surface area (Å²) in [7, 11) is 0. The van der Waals surface area contributed by atoms with Crippen LogP contribution in [0.4, 0.5) is 23.2 Å². The average Bonchev–Trinajstić information content (AvgIpc) is 2.83. The van der Waals surface area contributed by atoms with E-state index in [9.17, 15) is 22.4 Å². The number of carbonyl (C=O) groups is 1. The van der Waals surface area contributed by atoms with Crippen LogP contribution in [0.1, 0.15) is 17.8 Å². The van der Waals surface area contributed by atoms with Crippen LogP contribution in [-0.2, 0) is 11.3 Å². The minimum Gasteiger partial charge on any atom is -0.433 e. The third kappa shape index (κ3) is 4.60. The summed E-state index contributed by atoms with van der Waals surface area (Å²) < 4.78 is 54.7. The molecular formula is C14H12ClF4N3O2. The van der Waals surface area contributed by atoms with Gasteiger partial charge in [-0.2, -0.15) is 13.9 Å². The number of hydrogen-bond donors (Lipinski definition) is 1. The molecule has 0 aliphatic heterocycles. The highest BCUT2D eigenvalue weighted by Crippen LogP contribution is 2.29. The molecule has 1 amide bonds. The van der Waals surface area contributed by atoms with Crippen LogP contribution in [-0.4, -0.2) is 22.3 Å². The van der Waals surface area contributed by atoms with Gasteiger partial charge in [-0.1, -0.05) is 11.6 Å². The Balaban J connectivity index is 2.03. The minimum absolute atomic E-state index is 0.108. The first-order valence-corrected chi connectivity index (χ1v) is 7.00. The first kappa shape index (κ1) is 18.1. The standard InChI is InChI=1S/C14H12ClF4N3O2/c1-7-4-10(13(16)17)21-22(7)6-12(23)20-8-2-3-11(9(15)5-8)24-14(18)19/h2-5,13-14H,6H2,1H3,(H,20,23). The Morgan fingerprint density at radius 3 is 2.58 bits per heavy atom. The van der Waals surface area contributed by atoms with Crippen LogP contribution >= 0.6 is 11.6 Å². The van der Waals surface area contributed by atoms with Crippen LogP contribution in [0, 0.1) is 6.92 Å². The molecule has 2 rings (SSSR count). The number of anilines is 1. The molecule has 10 heteroatoms. The van der Waals surface area contributed by atoms with Crippen molar-refractivity contribution in [2.45, 2.75) is 26.5 Å². The molecular weight excluding hydrogens is 354 g/mol. The Hall–Kier alpha value is -2.29. The van der Waals surface area contributed by atoms with E-state index < -0.39 is 24.6 Å². The molecule has 0 aliphatic rings. The summed E-state index contributed by atoms with van der Waals surface area (Å²) >= 11 is 5.77. The van der Waals surface area contributed by atoms with Gasteiger partial charge in [0.2, 0.25) is 5.91 Å². The van der Waals surface area contributed by atoms with E-state index in [1.54, 1.807) is 6.92 Å². The summed E-state index contributed by atoms with van der Waals surface area (Å²) in [5.74, 6) is -0.769. The monoisotopic (exact) mass is 365 g/mol. The van der Waals surface area contributed by atoms with E-state index in [1.165, 1.54) is 24.3 Å². The molecule has 0 aliphatic carbocycles. The molecule has 1 aromatic carbocycles. The van der Waals surface area contributed by atoms with Gasteiger partial charge in [0.05, 0.1) is 5.02 Å². The maximum atomic E-state index is 12.6. The average molecular weight is 366 g/mol. The van der Waals surface area contributed by atoms with Gasteiger partial charge in [0.1, 0.15) is 18.0 Å². The highest BCUT2D eigenvalue weighted by atomic mass is 35.5. The molecule has 1 aromatic heterocycles. The summed E-state index contributed by atoms with van der Waals surface area (Å²) in [5, 5.41) is 5.99. The molecule has 0 fully saturated rings. The van der Waals surface area contributed by atoms with Crippen LogP contribution in [0.25, 0.3) is 0 Å². The maximum absolute atomic E-state index is 12.6. The molecule has 130 valence electrons. The zero-order valence-corrected chi connectivity index (χ0v) is 13.0. The van der Waals surface area contributed by atoms with Gasteiger partial charge in [-0.25, -0.2) is 8.78 Å². The number of halogens is 5.